The zero-order valence-corrected chi connectivity index (χ0v) is 25.8. The van der Waals surface area contributed by atoms with Gasteiger partial charge in [-0.15, -0.1) is 16.3 Å². The zero-order chi connectivity index (χ0) is 28.1. The van der Waals surface area contributed by atoms with Gasteiger partial charge in [0.1, 0.15) is 11.2 Å². The first-order valence-corrected chi connectivity index (χ1v) is 14.8. The van der Waals surface area contributed by atoms with E-state index in [-0.39, 0.29) is 11.7 Å². The van der Waals surface area contributed by atoms with Crippen molar-refractivity contribution in [2.45, 2.75) is 65.2 Å². The Labute approximate surface area is 234 Å². The van der Waals surface area contributed by atoms with Crippen LogP contribution in [0.4, 0.5) is 9.59 Å². The van der Waals surface area contributed by atoms with E-state index in [0.29, 0.717) is 25.1 Å². The Hall–Kier alpha value is -2.09. The van der Waals surface area contributed by atoms with E-state index >= 15 is 0 Å². The van der Waals surface area contributed by atoms with Crippen molar-refractivity contribution in [1.29, 1.82) is 0 Å². The van der Waals surface area contributed by atoms with Crippen molar-refractivity contribution >= 4 is 67.0 Å². The van der Waals surface area contributed by atoms with Crippen LogP contribution < -0.4 is 5.32 Å². The average molecular weight is 638 g/mol. The van der Waals surface area contributed by atoms with Gasteiger partial charge in [0.15, 0.2) is 0 Å². The number of aromatic nitrogens is 1. The molecule has 1 fully saturated rings. The summed E-state index contributed by atoms with van der Waals surface area (Å²) < 4.78 is 39.6. The molecule has 10 nitrogen and oxygen atoms in total. The largest absolute Gasteiger partial charge is 0.443 e. The Bertz CT molecular complexity index is 1370. The smallest absolute Gasteiger partial charge is 0.437 e. The van der Waals surface area contributed by atoms with Crippen molar-refractivity contribution in [2.75, 3.05) is 12.8 Å². The molecule has 1 saturated heterocycles. The van der Waals surface area contributed by atoms with Crippen molar-refractivity contribution in [3.63, 3.8) is 0 Å². The molecular formula is C23H30BrClN4O6S2. The van der Waals surface area contributed by atoms with Crippen LogP contribution in [0.5, 0.6) is 0 Å². The zero-order valence-electron chi connectivity index (χ0n) is 21.8. The SMILES string of the molecule is CN1/C(=N/C(=O)OC(C)(C)C)N[C@](C)(c2sc(-c3ccc(Br)n3C(=O)OC(C)(C)C)cc2Cl)CS1(=O)=O. The first kappa shape index (κ1) is 29.5. The van der Waals surface area contributed by atoms with Crippen molar-refractivity contribution in [2.24, 2.45) is 4.99 Å². The van der Waals surface area contributed by atoms with E-state index in [1.807, 2.05) is 0 Å². The maximum absolute atomic E-state index is 13.1. The number of carbonyl (C=O) groups is 2. The lowest BCUT2D eigenvalue weighted by atomic mass is 10.0. The van der Waals surface area contributed by atoms with Gasteiger partial charge in [0.2, 0.25) is 16.0 Å². The Morgan fingerprint density at radius 2 is 1.76 bits per heavy atom. The highest BCUT2D eigenvalue weighted by Crippen LogP contribution is 2.43. The number of nitrogens with one attached hydrogen (secondary N) is 1. The molecule has 204 valence electrons. The van der Waals surface area contributed by atoms with E-state index in [4.69, 9.17) is 21.1 Å². The summed E-state index contributed by atoms with van der Waals surface area (Å²) in [6.45, 7) is 12.0. The normalized spacial score (nSPS) is 21.0. The number of rotatable bonds is 2. The molecule has 1 atom stereocenters. The highest BCUT2D eigenvalue weighted by atomic mass is 79.9. The minimum absolute atomic E-state index is 0.186. The second kappa shape index (κ2) is 9.90. The average Bonchev–Trinajstić information content (AvgIpc) is 3.25. The maximum atomic E-state index is 13.1. The Morgan fingerprint density at radius 3 is 2.32 bits per heavy atom. The number of halogens is 2. The summed E-state index contributed by atoms with van der Waals surface area (Å²) in [6, 6.07) is 5.10. The van der Waals surface area contributed by atoms with Gasteiger partial charge in [-0.05, 0) is 82.6 Å². The molecule has 0 unspecified atom stereocenters. The third-order valence-corrected chi connectivity index (χ3v) is 9.41. The van der Waals surface area contributed by atoms with E-state index in [1.54, 1.807) is 66.7 Å². The minimum Gasteiger partial charge on any atom is -0.443 e. The molecule has 37 heavy (non-hydrogen) atoms. The lowest BCUT2D eigenvalue weighted by Crippen LogP contribution is -2.61. The molecule has 0 saturated carbocycles. The molecule has 2 aromatic heterocycles. The molecule has 0 aromatic carbocycles. The molecule has 1 N–H and O–H groups in total. The maximum Gasteiger partial charge on any atom is 0.437 e. The fourth-order valence-electron chi connectivity index (χ4n) is 3.52. The van der Waals surface area contributed by atoms with E-state index in [9.17, 15) is 18.0 Å². The van der Waals surface area contributed by atoms with Crippen molar-refractivity contribution < 1.29 is 27.5 Å². The number of thiophene rings is 1. The third-order valence-electron chi connectivity index (χ3n) is 5.01. The fourth-order valence-corrected chi connectivity index (χ4v) is 7.23. The van der Waals surface area contributed by atoms with Crippen molar-refractivity contribution in [3.8, 4) is 10.6 Å². The van der Waals surface area contributed by atoms with Gasteiger partial charge in [-0.3, -0.25) is 0 Å². The Morgan fingerprint density at radius 1 is 1.16 bits per heavy atom. The predicted molar refractivity (Wildman–Crippen MR) is 148 cm³/mol. The van der Waals surface area contributed by atoms with Gasteiger partial charge in [0.05, 0.1) is 36.4 Å². The lowest BCUT2D eigenvalue weighted by molar-refractivity contribution is 0.0534. The lowest BCUT2D eigenvalue weighted by Gasteiger charge is -2.39. The number of hydrogen-bond donors (Lipinski definition) is 1. The van der Waals surface area contributed by atoms with Gasteiger partial charge in [-0.25, -0.2) is 26.9 Å². The van der Waals surface area contributed by atoms with Gasteiger partial charge < -0.3 is 14.8 Å². The van der Waals surface area contributed by atoms with Gasteiger partial charge >= 0.3 is 12.2 Å². The molecule has 0 aliphatic carbocycles. The number of hydrogen-bond acceptors (Lipinski definition) is 7. The Balaban J connectivity index is 2.04. The van der Waals surface area contributed by atoms with Gasteiger partial charge in [-0.2, -0.15) is 0 Å². The summed E-state index contributed by atoms with van der Waals surface area (Å²) in [5.74, 6) is -0.533. The molecule has 1 amide bonds. The van der Waals surface area contributed by atoms with Crippen LogP contribution in [0.1, 0.15) is 53.3 Å². The van der Waals surface area contributed by atoms with Gasteiger partial charge in [0.25, 0.3) is 0 Å². The van der Waals surface area contributed by atoms with E-state index in [0.717, 1.165) is 4.31 Å². The molecule has 2 aromatic rings. The number of amides is 1. The quantitative estimate of drug-likeness (QED) is 0.443. The second-order valence-corrected chi connectivity index (χ2v) is 15.0. The van der Waals surface area contributed by atoms with Crippen LogP contribution in [0.15, 0.2) is 27.8 Å². The monoisotopic (exact) mass is 636 g/mol. The second-order valence-electron chi connectivity index (χ2n) is 10.7. The van der Waals surface area contributed by atoms with Gasteiger partial charge in [-0.1, -0.05) is 11.6 Å². The topological polar surface area (TPSA) is 119 Å². The third kappa shape index (κ3) is 6.68. The first-order chi connectivity index (χ1) is 16.7. The molecule has 0 radical (unpaired) electrons. The summed E-state index contributed by atoms with van der Waals surface area (Å²) in [4.78, 5) is 30.2. The molecule has 0 bridgehead atoms. The number of aliphatic imine (C=N–C) groups is 1. The van der Waals surface area contributed by atoms with Gasteiger partial charge in [0, 0.05) is 7.05 Å². The van der Waals surface area contributed by atoms with E-state index in [2.05, 4.69) is 26.2 Å². The molecule has 3 heterocycles. The highest BCUT2D eigenvalue weighted by Gasteiger charge is 2.45. The van der Waals surface area contributed by atoms with Crippen molar-refractivity contribution in [1.82, 2.24) is 14.2 Å². The molecular weight excluding hydrogens is 608 g/mol. The summed E-state index contributed by atoms with van der Waals surface area (Å²) in [5.41, 5.74) is -2.23. The summed E-state index contributed by atoms with van der Waals surface area (Å²) in [7, 11) is -2.57. The fraction of sp³-hybridized carbons (Fsp3) is 0.522. The molecule has 0 spiro atoms. The predicted octanol–water partition coefficient (Wildman–Crippen LogP) is 5.79. The van der Waals surface area contributed by atoms with Crippen molar-refractivity contribution in [3.05, 3.63) is 32.7 Å². The van der Waals surface area contributed by atoms with E-state index in [1.165, 1.54) is 23.0 Å². The molecule has 1 aliphatic heterocycles. The van der Waals surface area contributed by atoms with Crippen LogP contribution in [-0.4, -0.2) is 59.4 Å². The molecule has 14 heteroatoms. The highest BCUT2D eigenvalue weighted by molar-refractivity contribution is 9.10. The standard InChI is InChI=1S/C23H30BrClN4O6S2/c1-21(2,3)34-19(30)26-18-27-23(7,12-37(32,33)28(18)8)17-13(25)11-15(36-17)14-9-10-16(24)29(14)20(31)35-22(4,5)6/h9-11H,12H2,1-8H3,(H,26,27,30)/t23-/m0/s1. The number of sulfonamides is 1. The minimum atomic E-state index is -3.87. The van der Waals surface area contributed by atoms with Crippen LogP contribution in [0.25, 0.3) is 10.6 Å². The number of ether oxygens (including phenoxy) is 2. The van der Waals surface area contributed by atoms with Crippen LogP contribution in [0.3, 0.4) is 0 Å². The Kier molecular flexibility index (Phi) is 7.88. The molecule has 1 aliphatic rings. The first-order valence-electron chi connectivity index (χ1n) is 11.2. The number of guanidine groups is 1. The molecule has 3 rings (SSSR count). The van der Waals surface area contributed by atoms with Crippen LogP contribution >= 0.6 is 38.9 Å². The van der Waals surface area contributed by atoms with Crippen LogP contribution in [-0.2, 0) is 25.0 Å². The summed E-state index contributed by atoms with van der Waals surface area (Å²) >= 11 is 11.2. The number of carbonyl (C=O) groups excluding carboxylic acids is 2. The van der Waals surface area contributed by atoms with E-state index < -0.39 is 39.0 Å². The van der Waals surface area contributed by atoms with Crippen LogP contribution in [0, 0.1) is 0 Å². The van der Waals surface area contributed by atoms with Crippen LogP contribution in [0.2, 0.25) is 5.02 Å². The number of nitrogens with zero attached hydrogens (tertiary/aromatic N) is 3. The summed E-state index contributed by atoms with van der Waals surface area (Å²) in [5, 5.41) is 3.35. The summed E-state index contributed by atoms with van der Waals surface area (Å²) in [6.07, 6.45) is -1.51.